The van der Waals surface area contributed by atoms with E-state index in [9.17, 15) is 13.2 Å². The van der Waals surface area contributed by atoms with Crippen LogP contribution in [0.3, 0.4) is 0 Å². The number of nitrogens with two attached hydrogens (primary N) is 1. The maximum Gasteiger partial charge on any atom is 0.258 e. The summed E-state index contributed by atoms with van der Waals surface area (Å²) in [6, 6.07) is 11.7. The Bertz CT molecular complexity index is 1230. The maximum absolute atomic E-state index is 13.0. The molecule has 0 spiro atoms. The number of aryl methyl sites for hydroxylation is 1. The summed E-state index contributed by atoms with van der Waals surface area (Å²) < 4.78 is 25.1. The van der Waals surface area contributed by atoms with Crippen molar-refractivity contribution in [1.82, 2.24) is 9.78 Å². The first-order chi connectivity index (χ1) is 13.7. The number of carbonyl (C=O) groups excluding carboxylic acids is 1. The number of rotatable bonds is 3. The fourth-order valence-electron chi connectivity index (χ4n) is 3.52. The van der Waals surface area contributed by atoms with Gasteiger partial charge in [0.15, 0.2) is 0 Å². The molecule has 0 atom stereocenters. The van der Waals surface area contributed by atoms with Crippen molar-refractivity contribution < 1.29 is 13.2 Å². The van der Waals surface area contributed by atoms with Crippen LogP contribution in [-0.4, -0.2) is 30.7 Å². The second kappa shape index (κ2) is 6.98. The van der Waals surface area contributed by atoms with E-state index in [-0.39, 0.29) is 10.8 Å². The Labute approximate surface area is 173 Å². The minimum Gasteiger partial charge on any atom is -0.308 e. The second-order valence-corrected chi connectivity index (χ2v) is 8.93. The van der Waals surface area contributed by atoms with Crippen molar-refractivity contribution in [2.75, 3.05) is 11.4 Å². The number of hydrogen-bond acceptors (Lipinski definition) is 4. The number of hydrogen-bond donors (Lipinski definition) is 1. The van der Waals surface area contributed by atoms with Crippen molar-refractivity contribution in [2.45, 2.75) is 25.2 Å². The largest absolute Gasteiger partial charge is 0.308 e. The lowest BCUT2D eigenvalue weighted by Crippen LogP contribution is -2.29. The van der Waals surface area contributed by atoms with Gasteiger partial charge in [-0.25, -0.2) is 18.2 Å². The zero-order valence-corrected chi connectivity index (χ0v) is 17.5. The van der Waals surface area contributed by atoms with Crippen molar-refractivity contribution in [3.8, 4) is 5.69 Å². The highest BCUT2D eigenvalue weighted by Gasteiger charge is 2.27. The molecule has 0 saturated heterocycles. The number of anilines is 1. The van der Waals surface area contributed by atoms with E-state index in [1.165, 1.54) is 12.1 Å². The van der Waals surface area contributed by atoms with Crippen molar-refractivity contribution in [3.05, 3.63) is 70.0 Å². The third kappa shape index (κ3) is 3.43. The average molecular weight is 431 g/mol. The number of fused-ring (bicyclic) bond motifs is 1. The molecular weight excluding hydrogens is 412 g/mol. The molecule has 0 fully saturated rings. The van der Waals surface area contributed by atoms with Gasteiger partial charge < -0.3 is 4.90 Å². The van der Waals surface area contributed by atoms with E-state index in [0.29, 0.717) is 29.2 Å². The Morgan fingerprint density at radius 3 is 2.41 bits per heavy atom. The molecule has 1 aromatic heterocycles. The normalized spacial score (nSPS) is 13.6. The Morgan fingerprint density at radius 1 is 1.14 bits per heavy atom. The van der Waals surface area contributed by atoms with E-state index >= 15 is 0 Å². The molecule has 3 aromatic rings. The molecule has 4 rings (SSSR count). The molecule has 0 unspecified atom stereocenters. The van der Waals surface area contributed by atoms with Gasteiger partial charge in [-0.15, -0.1) is 0 Å². The fourth-order valence-corrected chi connectivity index (χ4v) is 4.17. The number of primary sulfonamides is 1. The third-order valence-corrected chi connectivity index (χ3v) is 6.55. The van der Waals surface area contributed by atoms with Crippen molar-refractivity contribution in [3.63, 3.8) is 0 Å². The van der Waals surface area contributed by atoms with Gasteiger partial charge in [0, 0.05) is 17.8 Å². The predicted molar refractivity (Wildman–Crippen MR) is 111 cm³/mol. The highest BCUT2D eigenvalue weighted by molar-refractivity contribution is 7.89. The summed E-state index contributed by atoms with van der Waals surface area (Å²) in [5, 5.41) is 10.3. The average Bonchev–Trinajstić information content (AvgIpc) is 3.23. The standard InChI is InChI=1S/C20H19ClN4O3S/c1-12-19(21)13(2)25(23-12)16-6-3-15(4-7-16)20(26)24-10-9-14-5-8-17(11-18(14)24)29(22,27)28/h3-8,11H,9-10H2,1-2H3,(H2,22,27,28). The number of amides is 1. The van der Waals surface area contributed by atoms with Crippen molar-refractivity contribution >= 4 is 33.2 Å². The minimum atomic E-state index is -3.84. The SMILES string of the molecule is Cc1nn(-c2ccc(C(=O)N3CCc4ccc(S(N)(=O)=O)cc43)cc2)c(C)c1Cl. The molecule has 1 aliphatic rings. The summed E-state index contributed by atoms with van der Waals surface area (Å²) >= 11 is 6.21. The summed E-state index contributed by atoms with van der Waals surface area (Å²) in [5.41, 5.74) is 4.36. The Kier molecular flexibility index (Phi) is 4.72. The molecule has 7 nitrogen and oxygen atoms in total. The number of halogens is 1. The highest BCUT2D eigenvalue weighted by atomic mass is 35.5. The summed E-state index contributed by atoms with van der Waals surface area (Å²) in [5.74, 6) is -0.201. The summed E-state index contributed by atoms with van der Waals surface area (Å²) in [6.07, 6.45) is 0.661. The first-order valence-corrected chi connectivity index (χ1v) is 10.9. The molecule has 2 N–H and O–H groups in total. The van der Waals surface area contributed by atoms with Gasteiger partial charge in [0.05, 0.1) is 27.0 Å². The van der Waals surface area contributed by atoms with Crippen LogP contribution in [0.15, 0.2) is 47.4 Å². The molecule has 150 valence electrons. The molecule has 2 aromatic carbocycles. The van der Waals surface area contributed by atoms with E-state index in [1.54, 1.807) is 39.9 Å². The lowest BCUT2D eigenvalue weighted by molar-refractivity contribution is 0.0989. The molecule has 0 radical (unpaired) electrons. The Balaban J connectivity index is 1.64. The lowest BCUT2D eigenvalue weighted by atomic mass is 10.1. The van der Waals surface area contributed by atoms with E-state index in [0.717, 1.165) is 22.6 Å². The second-order valence-electron chi connectivity index (χ2n) is 6.99. The Hall–Kier alpha value is -2.68. The van der Waals surface area contributed by atoms with Gasteiger partial charge in [-0.3, -0.25) is 4.79 Å². The molecule has 29 heavy (non-hydrogen) atoms. The first-order valence-electron chi connectivity index (χ1n) is 8.96. The molecule has 0 aliphatic carbocycles. The van der Waals surface area contributed by atoms with Crippen LogP contribution in [0, 0.1) is 13.8 Å². The molecule has 0 saturated carbocycles. The molecule has 9 heteroatoms. The van der Waals surface area contributed by atoms with Crippen LogP contribution in [0.4, 0.5) is 5.69 Å². The summed E-state index contributed by atoms with van der Waals surface area (Å²) in [6.45, 7) is 4.20. The topological polar surface area (TPSA) is 98.3 Å². The number of aromatic nitrogens is 2. The molecule has 0 bridgehead atoms. The van der Waals surface area contributed by atoms with Gasteiger partial charge >= 0.3 is 0 Å². The number of sulfonamides is 1. The zero-order valence-electron chi connectivity index (χ0n) is 15.9. The molecular formula is C20H19ClN4O3S. The number of carbonyl (C=O) groups is 1. The monoisotopic (exact) mass is 430 g/mol. The van der Waals surface area contributed by atoms with Crippen LogP contribution in [0.25, 0.3) is 5.69 Å². The van der Waals surface area contributed by atoms with Crippen LogP contribution < -0.4 is 10.0 Å². The lowest BCUT2D eigenvalue weighted by Gasteiger charge is -2.18. The van der Waals surface area contributed by atoms with Crippen LogP contribution in [0.2, 0.25) is 5.02 Å². The van der Waals surface area contributed by atoms with E-state index < -0.39 is 10.0 Å². The fraction of sp³-hybridized carbons (Fsp3) is 0.200. The van der Waals surface area contributed by atoms with E-state index in [4.69, 9.17) is 16.7 Å². The Morgan fingerprint density at radius 2 is 1.83 bits per heavy atom. The predicted octanol–water partition coefficient (Wildman–Crippen LogP) is 2.99. The van der Waals surface area contributed by atoms with Crippen molar-refractivity contribution in [2.24, 2.45) is 5.14 Å². The highest BCUT2D eigenvalue weighted by Crippen LogP contribution is 2.31. The van der Waals surface area contributed by atoms with Gasteiger partial charge in [-0.05, 0) is 62.2 Å². The van der Waals surface area contributed by atoms with Gasteiger partial charge in [-0.1, -0.05) is 17.7 Å². The summed E-state index contributed by atoms with van der Waals surface area (Å²) in [4.78, 5) is 14.6. The minimum absolute atomic E-state index is 0.00676. The zero-order chi connectivity index (χ0) is 20.9. The van der Waals surface area contributed by atoms with Crippen LogP contribution in [0.1, 0.15) is 27.3 Å². The molecule has 2 heterocycles. The van der Waals surface area contributed by atoms with Crippen LogP contribution in [-0.2, 0) is 16.4 Å². The van der Waals surface area contributed by atoms with Gasteiger partial charge in [-0.2, -0.15) is 5.10 Å². The van der Waals surface area contributed by atoms with Gasteiger partial charge in [0.25, 0.3) is 5.91 Å². The first kappa shape index (κ1) is 19.6. The summed E-state index contributed by atoms with van der Waals surface area (Å²) in [7, 11) is -3.84. The van der Waals surface area contributed by atoms with Crippen molar-refractivity contribution in [1.29, 1.82) is 0 Å². The van der Waals surface area contributed by atoms with E-state index in [1.807, 2.05) is 13.8 Å². The van der Waals surface area contributed by atoms with E-state index in [2.05, 4.69) is 5.10 Å². The van der Waals surface area contributed by atoms with Gasteiger partial charge in [0.2, 0.25) is 10.0 Å². The maximum atomic E-state index is 13.0. The third-order valence-electron chi connectivity index (χ3n) is 5.09. The quantitative estimate of drug-likeness (QED) is 0.690. The molecule has 1 amide bonds. The van der Waals surface area contributed by atoms with Gasteiger partial charge in [0.1, 0.15) is 0 Å². The smallest absolute Gasteiger partial charge is 0.258 e. The van der Waals surface area contributed by atoms with Crippen LogP contribution >= 0.6 is 11.6 Å². The van der Waals surface area contributed by atoms with Crippen LogP contribution in [0.5, 0.6) is 0 Å². The number of nitrogens with zero attached hydrogens (tertiary/aromatic N) is 3. The number of benzene rings is 2. The molecule has 1 aliphatic heterocycles.